The van der Waals surface area contributed by atoms with Gasteiger partial charge in [0.1, 0.15) is 0 Å². The molecule has 0 unspecified atom stereocenters. The van der Waals surface area contributed by atoms with Crippen molar-refractivity contribution >= 4 is 0 Å². The summed E-state index contributed by atoms with van der Waals surface area (Å²) in [4.78, 5) is 0. The van der Waals surface area contributed by atoms with Gasteiger partial charge >= 0.3 is 176 Å². The topological polar surface area (TPSA) is 66.2 Å². The average molecular weight is 541 g/mol. The number of alkyl halides is 7. The van der Waals surface area contributed by atoms with Gasteiger partial charge in [-0.3, -0.25) is 0 Å². The molecule has 1 aromatic heterocycles. The fourth-order valence-corrected chi connectivity index (χ4v) is 5.09. The molecule has 160 valence electrons. The van der Waals surface area contributed by atoms with Crippen molar-refractivity contribution in [1.82, 2.24) is 10.2 Å². The number of phenols is 2. The quantitative estimate of drug-likeness (QED) is 0.302. The fraction of sp³-hybridized carbons (Fsp3) is 0.158. The van der Waals surface area contributed by atoms with Gasteiger partial charge in [0.2, 0.25) is 0 Å². The molecule has 0 aliphatic heterocycles. The first-order chi connectivity index (χ1) is 14.0. The average Bonchev–Trinajstić information content (AvgIpc) is 2.67. The number of rotatable bonds is 4. The van der Waals surface area contributed by atoms with Gasteiger partial charge in [0.25, 0.3) is 0 Å². The molecule has 0 saturated carbocycles. The van der Waals surface area contributed by atoms with E-state index in [4.69, 9.17) is 0 Å². The summed E-state index contributed by atoms with van der Waals surface area (Å²) in [5, 5.41) is 27.5. The van der Waals surface area contributed by atoms with Gasteiger partial charge in [-0.05, 0) is 0 Å². The fourth-order valence-electron chi connectivity index (χ4n) is 2.56. The van der Waals surface area contributed by atoms with Gasteiger partial charge in [-0.25, -0.2) is 0 Å². The summed E-state index contributed by atoms with van der Waals surface area (Å²) in [5.41, 5.74) is -1.98. The Balaban J connectivity index is 2.00. The third-order valence-electron chi connectivity index (χ3n) is 4.04. The molecule has 0 atom stereocenters. The zero-order valence-electron chi connectivity index (χ0n) is 14.8. The Morgan fingerprint density at radius 1 is 0.833 bits per heavy atom. The number of hydrogen-bond donors (Lipinski definition) is 2. The molecule has 0 aliphatic carbocycles. The van der Waals surface area contributed by atoms with Crippen LogP contribution in [0.2, 0.25) is 0 Å². The number of aromatic hydroxyl groups is 2. The predicted octanol–water partition coefficient (Wildman–Crippen LogP) is 2.05. The summed E-state index contributed by atoms with van der Waals surface area (Å²) in [6.07, 6.45) is -6.88. The number of nitrogens with zero attached hydrogens (tertiary/aromatic N) is 2. The molecule has 30 heavy (non-hydrogen) atoms. The van der Waals surface area contributed by atoms with Gasteiger partial charge in [0.15, 0.2) is 0 Å². The Bertz CT molecular complexity index is 1060. The standard InChI is InChI=1S/C19H12F6IN2O2/c20-18(21,22)12-1-2-16(29)15(7-12)26-8-11-5-13(19(23,24)25)6-14(17(11)30)10-3-4-27-28-9-10/h1-7,9,29-30H,8H2/q-1. The summed E-state index contributed by atoms with van der Waals surface area (Å²) in [5.74, 6) is -0.803. The zero-order valence-corrected chi connectivity index (χ0v) is 16.9. The Morgan fingerprint density at radius 3 is 2.13 bits per heavy atom. The second-order valence-corrected chi connectivity index (χ2v) is 8.78. The van der Waals surface area contributed by atoms with E-state index in [1.54, 1.807) is 0 Å². The van der Waals surface area contributed by atoms with Crippen LogP contribution >= 0.6 is 0 Å². The van der Waals surface area contributed by atoms with Crippen LogP contribution in [-0.4, -0.2) is 20.4 Å². The van der Waals surface area contributed by atoms with E-state index >= 15 is 0 Å². The number of aromatic nitrogens is 2. The van der Waals surface area contributed by atoms with E-state index in [1.807, 2.05) is 0 Å². The van der Waals surface area contributed by atoms with Crippen molar-refractivity contribution in [2.75, 3.05) is 0 Å². The normalized spacial score (nSPS) is 12.3. The van der Waals surface area contributed by atoms with Crippen LogP contribution in [0.3, 0.4) is 0 Å². The second-order valence-electron chi connectivity index (χ2n) is 6.09. The van der Waals surface area contributed by atoms with Crippen molar-refractivity contribution in [3.05, 3.63) is 69.1 Å². The SMILES string of the molecule is Oc1ccc(C(F)(F)F)cc1[I-]Cc1cc(C(F)(F)F)cc(-c2ccnnc2)c1O. The van der Waals surface area contributed by atoms with E-state index in [2.05, 4.69) is 10.2 Å². The number of phenolic OH excluding ortho intramolecular Hbond substituents is 2. The van der Waals surface area contributed by atoms with Gasteiger partial charge in [0, 0.05) is 0 Å². The summed E-state index contributed by atoms with van der Waals surface area (Å²) in [7, 11) is 0. The molecule has 0 amide bonds. The van der Waals surface area contributed by atoms with Crippen molar-refractivity contribution in [3.8, 4) is 22.6 Å². The molecule has 4 nitrogen and oxygen atoms in total. The van der Waals surface area contributed by atoms with Crippen molar-refractivity contribution in [3.63, 3.8) is 0 Å². The molecule has 2 N–H and O–H groups in total. The summed E-state index contributed by atoms with van der Waals surface area (Å²) < 4.78 is 78.6. The first-order valence-corrected chi connectivity index (χ1v) is 10.8. The number of halogens is 7. The third-order valence-corrected chi connectivity index (χ3v) is 6.93. The Morgan fingerprint density at radius 2 is 1.53 bits per heavy atom. The van der Waals surface area contributed by atoms with Crippen LogP contribution in [0.1, 0.15) is 16.7 Å². The summed E-state index contributed by atoms with van der Waals surface area (Å²) >= 11 is -1.39. The van der Waals surface area contributed by atoms with E-state index in [-0.39, 0.29) is 30.4 Å². The number of hydrogen-bond acceptors (Lipinski definition) is 4. The molecular weight excluding hydrogens is 529 g/mol. The minimum atomic E-state index is -4.70. The first-order valence-electron chi connectivity index (χ1n) is 8.16. The predicted molar refractivity (Wildman–Crippen MR) is 89.6 cm³/mol. The zero-order chi connectivity index (χ0) is 22.1. The van der Waals surface area contributed by atoms with Crippen LogP contribution in [0.5, 0.6) is 11.5 Å². The van der Waals surface area contributed by atoms with Crippen molar-refractivity contribution < 1.29 is 57.8 Å². The maximum absolute atomic E-state index is 13.3. The van der Waals surface area contributed by atoms with Gasteiger partial charge in [0.05, 0.1) is 0 Å². The van der Waals surface area contributed by atoms with Gasteiger partial charge < -0.3 is 0 Å². The Hall–Kier alpha value is -2.57. The Kier molecular flexibility index (Phi) is 6.11. The van der Waals surface area contributed by atoms with Gasteiger partial charge in [-0.2, -0.15) is 0 Å². The number of benzene rings is 2. The molecule has 1 heterocycles. The van der Waals surface area contributed by atoms with E-state index in [1.165, 1.54) is 18.5 Å². The van der Waals surface area contributed by atoms with Crippen LogP contribution in [0.25, 0.3) is 11.1 Å². The molecular formula is C19H12F6IN2O2-. The van der Waals surface area contributed by atoms with Crippen LogP contribution in [0.15, 0.2) is 48.8 Å². The van der Waals surface area contributed by atoms with Crippen LogP contribution in [0, 0.1) is 3.57 Å². The third kappa shape index (κ3) is 4.94. The Labute approximate surface area is 176 Å². The van der Waals surface area contributed by atoms with Gasteiger partial charge in [-0.15, -0.1) is 0 Å². The molecule has 2 aromatic carbocycles. The molecule has 11 heteroatoms. The first kappa shape index (κ1) is 22.1. The van der Waals surface area contributed by atoms with Crippen molar-refractivity contribution in [1.29, 1.82) is 0 Å². The second kappa shape index (κ2) is 8.28. The molecule has 0 bridgehead atoms. The van der Waals surface area contributed by atoms with Gasteiger partial charge in [-0.1, -0.05) is 0 Å². The molecule has 0 radical (unpaired) electrons. The maximum atomic E-state index is 13.3. The van der Waals surface area contributed by atoms with E-state index < -0.39 is 50.4 Å². The summed E-state index contributed by atoms with van der Waals surface area (Å²) in [6.45, 7) is 0. The van der Waals surface area contributed by atoms with Crippen molar-refractivity contribution in [2.24, 2.45) is 0 Å². The monoisotopic (exact) mass is 541 g/mol. The summed E-state index contributed by atoms with van der Waals surface area (Å²) in [6, 6.07) is 5.31. The molecule has 0 aliphatic rings. The van der Waals surface area contributed by atoms with Crippen molar-refractivity contribution in [2.45, 2.75) is 16.8 Å². The molecule has 3 rings (SSSR count). The van der Waals surface area contributed by atoms with E-state index in [0.29, 0.717) is 0 Å². The molecule has 3 aromatic rings. The van der Waals surface area contributed by atoms with Crippen LogP contribution in [-0.2, 0) is 16.8 Å². The molecule has 0 spiro atoms. The minimum absolute atomic E-state index is 0.00700. The molecule has 0 fully saturated rings. The van der Waals surface area contributed by atoms with Crippen LogP contribution < -0.4 is 21.2 Å². The van der Waals surface area contributed by atoms with E-state index in [9.17, 15) is 36.6 Å². The van der Waals surface area contributed by atoms with Crippen LogP contribution in [0.4, 0.5) is 26.3 Å². The van der Waals surface area contributed by atoms with E-state index in [0.717, 1.165) is 30.3 Å². The molecule has 0 saturated heterocycles.